The van der Waals surface area contributed by atoms with Crippen LogP contribution in [-0.2, 0) is 17.6 Å². The van der Waals surface area contributed by atoms with Crippen molar-refractivity contribution in [1.29, 1.82) is 0 Å². The summed E-state index contributed by atoms with van der Waals surface area (Å²) in [7, 11) is 1.43. The smallest absolute Gasteiger partial charge is 0.348 e. The lowest BCUT2D eigenvalue weighted by molar-refractivity contribution is 0.0605. The van der Waals surface area contributed by atoms with Crippen LogP contribution in [0.3, 0.4) is 0 Å². The van der Waals surface area contributed by atoms with Crippen LogP contribution in [0.5, 0.6) is 0 Å². The van der Waals surface area contributed by atoms with E-state index in [9.17, 15) is 4.79 Å². The van der Waals surface area contributed by atoms with Crippen LogP contribution < -0.4 is 0 Å². The normalized spacial score (nSPS) is 17.6. The van der Waals surface area contributed by atoms with Crippen LogP contribution in [0.15, 0.2) is 3.79 Å². The molecule has 1 aliphatic carbocycles. The van der Waals surface area contributed by atoms with Crippen molar-refractivity contribution in [1.82, 2.24) is 0 Å². The molecule has 1 aromatic rings. The third-order valence-corrected chi connectivity index (χ3v) is 4.76. The number of rotatable bonds is 1. The van der Waals surface area contributed by atoms with Crippen molar-refractivity contribution in [3.05, 3.63) is 19.8 Å². The summed E-state index contributed by atoms with van der Waals surface area (Å²) in [4.78, 5) is 12.3. The Morgan fingerprint density at radius 3 is 2.60 bits per heavy atom. The van der Waals surface area contributed by atoms with Gasteiger partial charge in [0.25, 0.3) is 0 Å². The average molecular weight is 289 g/mol. The van der Waals surface area contributed by atoms with Gasteiger partial charge >= 0.3 is 5.97 Å². The second-order valence-corrected chi connectivity index (χ2v) is 7.01. The monoisotopic (exact) mass is 288 g/mol. The molecule has 2 rings (SSSR count). The SMILES string of the molecule is COC(=O)c1sc(Br)c2c1CC(C)(C)C2. The zero-order chi connectivity index (χ0) is 11.2. The van der Waals surface area contributed by atoms with Crippen LogP contribution in [0.25, 0.3) is 0 Å². The summed E-state index contributed by atoms with van der Waals surface area (Å²) >= 11 is 5.02. The minimum atomic E-state index is -0.209. The first-order valence-corrected chi connectivity index (χ1v) is 6.44. The Labute approximate surface area is 102 Å². The minimum Gasteiger partial charge on any atom is -0.465 e. The fraction of sp³-hybridized carbons (Fsp3) is 0.545. The Morgan fingerprint density at radius 2 is 2.00 bits per heavy atom. The molecule has 0 spiro atoms. The third-order valence-electron chi connectivity index (χ3n) is 2.75. The fourth-order valence-electron chi connectivity index (χ4n) is 2.11. The van der Waals surface area contributed by atoms with E-state index in [1.807, 2.05) is 0 Å². The Bertz CT molecular complexity index is 420. The van der Waals surface area contributed by atoms with Crippen molar-refractivity contribution in [3.63, 3.8) is 0 Å². The van der Waals surface area contributed by atoms with Gasteiger partial charge in [0.1, 0.15) is 4.88 Å². The topological polar surface area (TPSA) is 26.3 Å². The molecule has 0 fully saturated rings. The Morgan fingerprint density at radius 1 is 1.40 bits per heavy atom. The van der Waals surface area contributed by atoms with Gasteiger partial charge in [-0.3, -0.25) is 0 Å². The second-order valence-electron chi connectivity index (χ2n) is 4.67. The summed E-state index contributed by atoms with van der Waals surface area (Å²) in [6.45, 7) is 4.45. The summed E-state index contributed by atoms with van der Waals surface area (Å²) in [5.41, 5.74) is 2.75. The lowest BCUT2D eigenvalue weighted by Crippen LogP contribution is -2.11. The average Bonchev–Trinajstić information content (AvgIpc) is 2.61. The molecule has 82 valence electrons. The zero-order valence-electron chi connectivity index (χ0n) is 9.02. The highest BCUT2D eigenvalue weighted by Crippen LogP contribution is 2.45. The van der Waals surface area contributed by atoms with Gasteiger partial charge in [-0.25, -0.2) is 4.79 Å². The van der Waals surface area contributed by atoms with Gasteiger partial charge in [-0.2, -0.15) is 0 Å². The number of hydrogen-bond donors (Lipinski definition) is 0. The number of ether oxygens (including phenoxy) is 1. The van der Waals surface area contributed by atoms with Crippen LogP contribution in [0, 0.1) is 5.41 Å². The highest BCUT2D eigenvalue weighted by atomic mass is 79.9. The lowest BCUT2D eigenvalue weighted by atomic mass is 9.90. The molecule has 0 atom stereocenters. The van der Waals surface area contributed by atoms with E-state index in [0.717, 1.165) is 21.5 Å². The van der Waals surface area contributed by atoms with E-state index in [1.54, 1.807) is 0 Å². The van der Waals surface area contributed by atoms with Gasteiger partial charge in [-0.1, -0.05) is 13.8 Å². The van der Waals surface area contributed by atoms with Crippen molar-refractivity contribution >= 4 is 33.2 Å². The molecule has 15 heavy (non-hydrogen) atoms. The van der Waals surface area contributed by atoms with E-state index >= 15 is 0 Å². The summed E-state index contributed by atoms with van der Waals surface area (Å²) in [5.74, 6) is -0.209. The van der Waals surface area contributed by atoms with E-state index in [2.05, 4.69) is 29.8 Å². The van der Waals surface area contributed by atoms with Gasteiger partial charge in [-0.15, -0.1) is 11.3 Å². The number of carbonyl (C=O) groups excluding carboxylic acids is 1. The standard InChI is InChI=1S/C11H13BrO2S/c1-11(2)4-6-7(5-11)9(12)15-8(6)10(13)14-3/h4-5H2,1-3H3. The van der Waals surface area contributed by atoms with Crippen LogP contribution in [0.1, 0.15) is 34.6 Å². The molecule has 0 radical (unpaired) electrons. The van der Waals surface area contributed by atoms with Crippen molar-refractivity contribution in [2.75, 3.05) is 7.11 Å². The van der Waals surface area contributed by atoms with Gasteiger partial charge in [0.05, 0.1) is 10.9 Å². The molecule has 0 saturated heterocycles. The summed E-state index contributed by atoms with van der Waals surface area (Å²) < 4.78 is 5.88. The number of hydrogen-bond acceptors (Lipinski definition) is 3. The lowest BCUT2D eigenvalue weighted by Gasteiger charge is -2.16. The molecule has 0 bridgehead atoms. The number of methoxy groups -OCH3 is 1. The number of halogens is 1. The molecule has 2 nitrogen and oxygen atoms in total. The molecule has 1 aliphatic rings. The highest BCUT2D eigenvalue weighted by Gasteiger charge is 2.35. The van der Waals surface area contributed by atoms with Gasteiger partial charge in [-0.05, 0) is 45.3 Å². The molecule has 1 heterocycles. The minimum absolute atomic E-state index is 0.209. The van der Waals surface area contributed by atoms with Gasteiger partial charge < -0.3 is 4.74 Å². The second kappa shape index (κ2) is 3.59. The summed E-state index contributed by atoms with van der Waals surface area (Å²) in [5, 5.41) is 0. The van der Waals surface area contributed by atoms with Gasteiger partial charge in [0.15, 0.2) is 0 Å². The van der Waals surface area contributed by atoms with E-state index in [0.29, 0.717) is 0 Å². The summed E-state index contributed by atoms with van der Waals surface area (Å²) in [6.07, 6.45) is 2.01. The van der Waals surface area contributed by atoms with Crippen LogP contribution in [-0.4, -0.2) is 13.1 Å². The Kier molecular flexibility index (Phi) is 2.67. The molecule has 0 saturated carbocycles. The van der Waals surface area contributed by atoms with E-state index in [4.69, 9.17) is 4.74 Å². The highest BCUT2D eigenvalue weighted by molar-refractivity contribution is 9.11. The van der Waals surface area contributed by atoms with Crippen molar-refractivity contribution < 1.29 is 9.53 Å². The van der Waals surface area contributed by atoms with Crippen molar-refractivity contribution in [2.45, 2.75) is 26.7 Å². The maximum atomic E-state index is 11.6. The predicted molar refractivity (Wildman–Crippen MR) is 64.5 cm³/mol. The zero-order valence-corrected chi connectivity index (χ0v) is 11.4. The first-order chi connectivity index (χ1) is 6.94. The quantitative estimate of drug-likeness (QED) is 0.740. The van der Waals surface area contributed by atoms with Crippen LogP contribution in [0.2, 0.25) is 0 Å². The van der Waals surface area contributed by atoms with Crippen LogP contribution >= 0.6 is 27.3 Å². The Balaban J connectivity index is 2.47. The molecule has 0 unspecified atom stereocenters. The largest absolute Gasteiger partial charge is 0.465 e. The predicted octanol–water partition coefficient (Wildman–Crippen LogP) is 3.42. The maximum Gasteiger partial charge on any atom is 0.348 e. The van der Waals surface area contributed by atoms with E-state index in [1.165, 1.54) is 29.6 Å². The van der Waals surface area contributed by atoms with Crippen molar-refractivity contribution in [2.24, 2.45) is 5.41 Å². The maximum absolute atomic E-state index is 11.6. The molecular formula is C11H13BrO2S. The first-order valence-electron chi connectivity index (χ1n) is 4.83. The van der Waals surface area contributed by atoms with Gasteiger partial charge in [0, 0.05) is 0 Å². The third kappa shape index (κ3) is 1.85. The first kappa shape index (κ1) is 11.1. The molecular weight excluding hydrogens is 276 g/mol. The van der Waals surface area contributed by atoms with Crippen LogP contribution in [0.4, 0.5) is 0 Å². The number of fused-ring (bicyclic) bond motifs is 1. The molecule has 0 aliphatic heterocycles. The van der Waals surface area contributed by atoms with Crippen molar-refractivity contribution in [3.8, 4) is 0 Å². The molecule has 1 aromatic heterocycles. The fourth-order valence-corrected chi connectivity index (χ4v) is 3.96. The summed E-state index contributed by atoms with van der Waals surface area (Å²) in [6, 6.07) is 0. The number of esters is 1. The molecule has 4 heteroatoms. The van der Waals surface area contributed by atoms with E-state index < -0.39 is 0 Å². The molecule has 0 N–H and O–H groups in total. The Hall–Kier alpha value is -0.350. The van der Waals surface area contributed by atoms with Gasteiger partial charge in [0.2, 0.25) is 0 Å². The molecule has 0 amide bonds. The van der Waals surface area contributed by atoms with E-state index in [-0.39, 0.29) is 11.4 Å². The number of carbonyl (C=O) groups is 1. The number of thiophene rings is 1. The molecule has 0 aromatic carbocycles.